The molecule has 1 aromatic heterocycles. The van der Waals surface area contributed by atoms with E-state index in [-0.39, 0.29) is 11.9 Å². The number of benzene rings is 2. The monoisotopic (exact) mass is 380 g/mol. The maximum atomic E-state index is 13.0. The molecule has 1 heterocycles. The maximum absolute atomic E-state index is 13.0. The van der Waals surface area contributed by atoms with Gasteiger partial charge >= 0.3 is 0 Å². The van der Waals surface area contributed by atoms with E-state index < -0.39 is 0 Å². The van der Waals surface area contributed by atoms with Crippen molar-refractivity contribution in [2.75, 3.05) is 5.32 Å². The van der Waals surface area contributed by atoms with Crippen molar-refractivity contribution < 1.29 is 4.79 Å². The van der Waals surface area contributed by atoms with Crippen LogP contribution >= 0.6 is 11.6 Å². The lowest BCUT2D eigenvalue weighted by Gasteiger charge is -2.26. The van der Waals surface area contributed by atoms with Gasteiger partial charge in [-0.3, -0.25) is 4.79 Å². The maximum Gasteiger partial charge on any atom is 0.273 e. The van der Waals surface area contributed by atoms with Gasteiger partial charge in [-0.2, -0.15) is 0 Å². The van der Waals surface area contributed by atoms with Crippen LogP contribution in [0.1, 0.15) is 29.9 Å². The average Bonchev–Trinajstić information content (AvgIpc) is 2.68. The van der Waals surface area contributed by atoms with Crippen LogP contribution in [0.3, 0.4) is 0 Å². The van der Waals surface area contributed by atoms with Gasteiger partial charge in [0.2, 0.25) is 0 Å². The zero-order chi connectivity index (χ0) is 19.2. The second kappa shape index (κ2) is 8.64. The Kier molecular flexibility index (Phi) is 6.04. The highest BCUT2D eigenvalue weighted by molar-refractivity contribution is 6.33. The molecule has 5 nitrogen and oxygen atoms in total. The second-order valence-corrected chi connectivity index (χ2v) is 6.81. The van der Waals surface area contributed by atoms with E-state index in [1.165, 1.54) is 6.33 Å². The fraction of sp³-hybridized carbons (Fsp3) is 0.190. The molecule has 0 saturated carbocycles. The van der Waals surface area contributed by atoms with E-state index in [9.17, 15) is 4.79 Å². The second-order valence-electron chi connectivity index (χ2n) is 6.41. The summed E-state index contributed by atoms with van der Waals surface area (Å²) in [5.74, 6) is 0.378. The molecule has 27 heavy (non-hydrogen) atoms. The lowest BCUT2D eigenvalue weighted by molar-refractivity contribution is 0.0684. The van der Waals surface area contributed by atoms with Crippen molar-refractivity contribution in [2.24, 2.45) is 0 Å². The molecular formula is C21H21ClN4O. The molecule has 0 unspecified atom stereocenters. The Morgan fingerprint density at radius 1 is 1.07 bits per heavy atom. The molecule has 3 aromatic rings. The minimum atomic E-state index is -0.140. The Labute approximate surface area is 164 Å². The van der Waals surface area contributed by atoms with Crippen LogP contribution in [0.5, 0.6) is 0 Å². The van der Waals surface area contributed by atoms with Crippen LogP contribution < -0.4 is 5.32 Å². The Balaban J connectivity index is 1.81. The van der Waals surface area contributed by atoms with Gasteiger partial charge in [0.15, 0.2) is 0 Å². The smallest absolute Gasteiger partial charge is 0.273 e. The summed E-state index contributed by atoms with van der Waals surface area (Å²) in [6.45, 7) is 4.50. The molecule has 1 amide bonds. The summed E-state index contributed by atoms with van der Waals surface area (Å²) < 4.78 is 0. The van der Waals surface area contributed by atoms with Crippen LogP contribution in [0, 0.1) is 0 Å². The van der Waals surface area contributed by atoms with Gasteiger partial charge < -0.3 is 10.2 Å². The van der Waals surface area contributed by atoms with E-state index in [1.807, 2.05) is 62.4 Å². The summed E-state index contributed by atoms with van der Waals surface area (Å²) in [6.07, 6.45) is 1.38. The molecule has 1 N–H and O–H groups in total. The van der Waals surface area contributed by atoms with Crippen molar-refractivity contribution in [3.05, 3.63) is 83.3 Å². The Hall–Kier alpha value is -2.92. The molecule has 0 aliphatic carbocycles. The highest BCUT2D eigenvalue weighted by Crippen LogP contribution is 2.24. The Morgan fingerprint density at radius 2 is 1.78 bits per heavy atom. The zero-order valence-corrected chi connectivity index (χ0v) is 16.0. The molecule has 3 rings (SSSR count). The molecule has 0 atom stereocenters. The number of nitrogens with zero attached hydrogens (tertiary/aromatic N) is 3. The molecule has 0 aliphatic rings. The highest BCUT2D eigenvalue weighted by atomic mass is 35.5. The summed E-state index contributed by atoms with van der Waals surface area (Å²) in [5, 5.41) is 3.71. The van der Waals surface area contributed by atoms with E-state index in [4.69, 9.17) is 11.6 Å². The molecule has 0 bridgehead atoms. The lowest BCUT2D eigenvalue weighted by Crippen LogP contribution is -2.36. The van der Waals surface area contributed by atoms with Crippen LogP contribution in [0.25, 0.3) is 0 Å². The van der Waals surface area contributed by atoms with Gasteiger partial charge in [0.1, 0.15) is 17.8 Å². The number of para-hydroxylation sites is 1. The van der Waals surface area contributed by atoms with Crippen LogP contribution in [0.4, 0.5) is 11.5 Å². The highest BCUT2D eigenvalue weighted by Gasteiger charge is 2.21. The summed E-state index contributed by atoms with van der Waals surface area (Å²) in [4.78, 5) is 23.2. The molecule has 0 radical (unpaired) electrons. The number of hydrogen-bond acceptors (Lipinski definition) is 4. The number of nitrogens with one attached hydrogen (secondary N) is 1. The van der Waals surface area contributed by atoms with Crippen molar-refractivity contribution in [2.45, 2.75) is 26.4 Å². The van der Waals surface area contributed by atoms with E-state index in [1.54, 1.807) is 17.0 Å². The number of anilines is 2. The predicted molar refractivity (Wildman–Crippen MR) is 108 cm³/mol. The van der Waals surface area contributed by atoms with Crippen LogP contribution in [-0.4, -0.2) is 26.8 Å². The summed E-state index contributed by atoms with van der Waals surface area (Å²) in [5.41, 5.74) is 2.13. The third-order valence-electron chi connectivity index (χ3n) is 4.10. The van der Waals surface area contributed by atoms with Gasteiger partial charge in [0.25, 0.3) is 5.91 Å². The predicted octanol–water partition coefficient (Wildman–Crippen LogP) is 4.92. The number of halogens is 1. The minimum Gasteiger partial charge on any atom is -0.339 e. The van der Waals surface area contributed by atoms with Crippen molar-refractivity contribution in [3.63, 3.8) is 0 Å². The molecule has 138 valence electrons. The fourth-order valence-corrected chi connectivity index (χ4v) is 2.84. The molecule has 0 saturated heterocycles. The molecule has 2 aromatic carbocycles. The number of amides is 1. The SMILES string of the molecule is CC(C)N(Cc1ccccc1)C(=O)c1cc(Nc2ccccc2Cl)ncn1. The first-order chi connectivity index (χ1) is 13.0. The molecule has 0 spiro atoms. The van der Waals surface area contributed by atoms with Crippen molar-refractivity contribution in [1.82, 2.24) is 14.9 Å². The van der Waals surface area contributed by atoms with Gasteiger partial charge in [-0.25, -0.2) is 9.97 Å². The quantitative estimate of drug-likeness (QED) is 0.659. The standard InChI is InChI=1S/C21H21ClN4O/c1-15(2)26(13-16-8-4-3-5-9-16)21(27)19-12-20(24-14-23-19)25-18-11-7-6-10-17(18)22/h3-12,14-15H,13H2,1-2H3,(H,23,24,25). The number of hydrogen-bond donors (Lipinski definition) is 1. The number of rotatable bonds is 6. The van der Waals surface area contributed by atoms with Gasteiger partial charge in [0, 0.05) is 18.7 Å². The third kappa shape index (κ3) is 4.83. The molecule has 0 fully saturated rings. The lowest BCUT2D eigenvalue weighted by atomic mass is 10.1. The van der Waals surface area contributed by atoms with Crippen LogP contribution in [0.2, 0.25) is 5.02 Å². The zero-order valence-electron chi connectivity index (χ0n) is 15.3. The van der Waals surface area contributed by atoms with Crippen molar-refractivity contribution >= 4 is 29.0 Å². The van der Waals surface area contributed by atoms with Crippen molar-refractivity contribution in [1.29, 1.82) is 0 Å². The first-order valence-corrected chi connectivity index (χ1v) is 9.11. The Morgan fingerprint density at radius 3 is 2.48 bits per heavy atom. The van der Waals surface area contributed by atoms with Gasteiger partial charge in [-0.1, -0.05) is 54.1 Å². The van der Waals surface area contributed by atoms with E-state index in [0.717, 1.165) is 11.3 Å². The van der Waals surface area contributed by atoms with Gasteiger partial charge in [0.05, 0.1) is 10.7 Å². The number of carbonyl (C=O) groups is 1. The fourth-order valence-electron chi connectivity index (χ4n) is 2.66. The minimum absolute atomic E-state index is 0.0349. The third-order valence-corrected chi connectivity index (χ3v) is 4.43. The van der Waals surface area contributed by atoms with E-state index in [2.05, 4.69) is 15.3 Å². The summed E-state index contributed by atoms with van der Waals surface area (Å²) in [6, 6.07) is 19.0. The van der Waals surface area contributed by atoms with Crippen LogP contribution in [-0.2, 0) is 6.54 Å². The van der Waals surface area contributed by atoms with Gasteiger partial charge in [-0.15, -0.1) is 0 Å². The normalized spacial score (nSPS) is 10.7. The Bertz CT molecular complexity index is 915. The summed E-state index contributed by atoms with van der Waals surface area (Å²) in [7, 11) is 0. The molecular weight excluding hydrogens is 360 g/mol. The topological polar surface area (TPSA) is 58.1 Å². The first-order valence-electron chi connectivity index (χ1n) is 8.73. The first kappa shape index (κ1) is 18.9. The van der Waals surface area contributed by atoms with Crippen LogP contribution in [0.15, 0.2) is 67.0 Å². The average molecular weight is 381 g/mol. The molecule has 0 aliphatic heterocycles. The largest absolute Gasteiger partial charge is 0.339 e. The summed E-state index contributed by atoms with van der Waals surface area (Å²) >= 11 is 6.18. The van der Waals surface area contributed by atoms with Gasteiger partial charge in [-0.05, 0) is 31.5 Å². The van der Waals surface area contributed by atoms with E-state index in [0.29, 0.717) is 23.1 Å². The van der Waals surface area contributed by atoms with Crippen molar-refractivity contribution in [3.8, 4) is 0 Å². The molecule has 6 heteroatoms. The van der Waals surface area contributed by atoms with E-state index >= 15 is 0 Å². The number of carbonyl (C=O) groups excluding carboxylic acids is 1. The number of aromatic nitrogens is 2.